The van der Waals surface area contributed by atoms with Gasteiger partial charge >= 0.3 is 0 Å². The SMILES string of the molecule is C=NC(=NC)c1cc2c(ccn2C)c(-c2sc(-c3cccnc3)nc2C)n1. The topological polar surface area (TPSA) is 68.3 Å². The summed E-state index contributed by atoms with van der Waals surface area (Å²) < 4.78 is 2.07. The summed E-state index contributed by atoms with van der Waals surface area (Å²) in [5, 5.41) is 2.00. The Morgan fingerprint density at radius 1 is 1.26 bits per heavy atom. The molecule has 0 aliphatic carbocycles. The quantitative estimate of drug-likeness (QED) is 0.400. The van der Waals surface area contributed by atoms with Crippen LogP contribution in [-0.2, 0) is 7.05 Å². The van der Waals surface area contributed by atoms with Crippen LogP contribution in [-0.4, -0.2) is 39.1 Å². The number of pyridine rings is 2. The van der Waals surface area contributed by atoms with E-state index in [1.807, 2.05) is 44.6 Å². The van der Waals surface area contributed by atoms with Crippen molar-refractivity contribution in [3.05, 3.63) is 54.2 Å². The number of aromatic nitrogens is 4. The monoisotopic (exact) mass is 374 g/mol. The van der Waals surface area contributed by atoms with Crippen molar-refractivity contribution < 1.29 is 0 Å². The summed E-state index contributed by atoms with van der Waals surface area (Å²) in [6.07, 6.45) is 5.62. The maximum atomic E-state index is 4.87. The molecule has 0 saturated heterocycles. The van der Waals surface area contributed by atoms with Crippen LogP contribution in [0.3, 0.4) is 0 Å². The molecule has 4 aromatic heterocycles. The van der Waals surface area contributed by atoms with Gasteiger partial charge in [0.1, 0.15) is 10.7 Å². The Balaban J connectivity index is 1.96. The van der Waals surface area contributed by atoms with Gasteiger partial charge in [-0.1, -0.05) is 0 Å². The van der Waals surface area contributed by atoms with Crippen molar-refractivity contribution in [1.82, 2.24) is 19.5 Å². The molecule has 0 atom stereocenters. The number of thiazole rings is 1. The van der Waals surface area contributed by atoms with Gasteiger partial charge in [0.2, 0.25) is 0 Å². The molecule has 0 fully saturated rings. The molecular formula is C20H18N6S. The molecule has 0 bridgehead atoms. The van der Waals surface area contributed by atoms with Gasteiger partial charge < -0.3 is 4.57 Å². The number of aliphatic imine (C=N–C) groups is 2. The second-order valence-electron chi connectivity index (χ2n) is 6.10. The Morgan fingerprint density at radius 2 is 2.11 bits per heavy atom. The summed E-state index contributed by atoms with van der Waals surface area (Å²) in [5.41, 5.74) is 4.59. The van der Waals surface area contributed by atoms with Crippen LogP contribution in [0.2, 0.25) is 0 Å². The molecule has 0 aromatic carbocycles. The number of hydrogen-bond donors (Lipinski definition) is 0. The summed E-state index contributed by atoms with van der Waals surface area (Å²) in [5.74, 6) is 0.522. The van der Waals surface area contributed by atoms with Crippen LogP contribution in [0.25, 0.3) is 32.0 Å². The first kappa shape index (κ1) is 17.2. The summed E-state index contributed by atoms with van der Waals surface area (Å²) in [6.45, 7) is 5.63. The Kier molecular flexibility index (Phi) is 4.37. The average Bonchev–Trinajstić information content (AvgIpc) is 3.26. The molecule has 0 N–H and O–H groups in total. The Morgan fingerprint density at radius 3 is 2.81 bits per heavy atom. The summed E-state index contributed by atoms with van der Waals surface area (Å²) in [6, 6.07) is 8.00. The minimum absolute atomic E-state index is 0.522. The van der Waals surface area contributed by atoms with Gasteiger partial charge in [0.15, 0.2) is 5.84 Å². The zero-order valence-corrected chi connectivity index (χ0v) is 16.2. The molecule has 0 radical (unpaired) electrons. The first-order valence-electron chi connectivity index (χ1n) is 8.40. The lowest BCUT2D eigenvalue weighted by Gasteiger charge is -2.07. The highest BCUT2D eigenvalue weighted by Gasteiger charge is 2.18. The predicted octanol–water partition coefficient (Wildman–Crippen LogP) is 4.14. The summed E-state index contributed by atoms with van der Waals surface area (Å²) in [4.78, 5) is 23.1. The van der Waals surface area contributed by atoms with E-state index in [2.05, 4.69) is 32.3 Å². The Bertz CT molecular complexity index is 1170. The lowest BCUT2D eigenvalue weighted by Crippen LogP contribution is -2.02. The molecule has 4 heterocycles. The Hall–Kier alpha value is -3.19. The molecule has 7 heteroatoms. The normalized spacial score (nSPS) is 11.9. The van der Waals surface area contributed by atoms with Crippen LogP contribution >= 0.6 is 11.3 Å². The predicted molar refractivity (Wildman–Crippen MR) is 112 cm³/mol. The molecule has 4 rings (SSSR count). The minimum atomic E-state index is 0.522. The molecule has 6 nitrogen and oxygen atoms in total. The largest absolute Gasteiger partial charge is 0.350 e. The second kappa shape index (κ2) is 6.85. The van der Waals surface area contributed by atoms with Gasteiger partial charge in [-0.05, 0) is 37.9 Å². The zero-order chi connectivity index (χ0) is 19.0. The molecule has 0 aliphatic heterocycles. The van der Waals surface area contributed by atoms with Crippen molar-refractivity contribution >= 4 is 34.8 Å². The van der Waals surface area contributed by atoms with E-state index in [9.17, 15) is 0 Å². The second-order valence-corrected chi connectivity index (χ2v) is 7.10. The van der Waals surface area contributed by atoms with Crippen LogP contribution < -0.4 is 0 Å². The fourth-order valence-electron chi connectivity index (χ4n) is 3.05. The maximum absolute atomic E-state index is 4.87. The number of aryl methyl sites for hydroxylation is 2. The van der Waals surface area contributed by atoms with E-state index in [0.717, 1.165) is 37.7 Å². The molecule has 0 spiro atoms. The van der Waals surface area contributed by atoms with Gasteiger partial charge in [-0.2, -0.15) is 0 Å². The van der Waals surface area contributed by atoms with Gasteiger partial charge in [0.05, 0.1) is 21.8 Å². The van der Waals surface area contributed by atoms with Crippen molar-refractivity contribution in [2.45, 2.75) is 6.92 Å². The highest BCUT2D eigenvalue weighted by atomic mass is 32.1. The highest BCUT2D eigenvalue weighted by molar-refractivity contribution is 7.18. The van der Waals surface area contributed by atoms with Gasteiger partial charge in [-0.25, -0.2) is 15.0 Å². The van der Waals surface area contributed by atoms with E-state index >= 15 is 0 Å². The number of rotatable bonds is 3. The summed E-state index contributed by atoms with van der Waals surface area (Å²) in [7, 11) is 3.71. The molecule has 4 aromatic rings. The third kappa shape index (κ3) is 2.96. The molecule has 0 amide bonds. The lowest BCUT2D eigenvalue weighted by molar-refractivity contribution is 0.968. The van der Waals surface area contributed by atoms with Crippen molar-refractivity contribution in [2.75, 3.05) is 7.05 Å². The van der Waals surface area contributed by atoms with Crippen molar-refractivity contribution in [1.29, 1.82) is 0 Å². The molecule has 0 unspecified atom stereocenters. The van der Waals surface area contributed by atoms with E-state index < -0.39 is 0 Å². The van der Waals surface area contributed by atoms with Crippen molar-refractivity contribution in [3.63, 3.8) is 0 Å². The van der Waals surface area contributed by atoms with Crippen molar-refractivity contribution in [2.24, 2.45) is 17.0 Å². The molecule has 134 valence electrons. The van der Waals surface area contributed by atoms with Crippen LogP contribution in [0, 0.1) is 6.92 Å². The first-order valence-corrected chi connectivity index (χ1v) is 9.22. The third-order valence-corrected chi connectivity index (χ3v) is 5.61. The van der Waals surface area contributed by atoms with E-state index in [0.29, 0.717) is 11.5 Å². The fourth-order valence-corrected chi connectivity index (χ4v) is 4.11. The molecular weight excluding hydrogens is 356 g/mol. The molecule has 0 aliphatic rings. The fraction of sp³-hybridized carbons (Fsp3) is 0.150. The lowest BCUT2D eigenvalue weighted by atomic mass is 10.1. The third-order valence-electron chi connectivity index (χ3n) is 4.39. The smallest absolute Gasteiger partial charge is 0.172 e. The highest BCUT2D eigenvalue weighted by Crippen LogP contribution is 2.37. The van der Waals surface area contributed by atoms with Gasteiger partial charge in [0.25, 0.3) is 0 Å². The van der Waals surface area contributed by atoms with Crippen LogP contribution in [0.15, 0.2) is 52.8 Å². The Labute approximate surface area is 161 Å². The van der Waals surface area contributed by atoms with E-state index in [-0.39, 0.29) is 0 Å². The number of hydrogen-bond acceptors (Lipinski definition) is 5. The van der Waals surface area contributed by atoms with E-state index in [4.69, 9.17) is 9.97 Å². The van der Waals surface area contributed by atoms with E-state index in [1.165, 1.54) is 0 Å². The van der Waals surface area contributed by atoms with Crippen LogP contribution in [0.4, 0.5) is 0 Å². The average molecular weight is 374 g/mol. The molecule has 27 heavy (non-hydrogen) atoms. The maximum Gasteiger partial charge on any atom is 0.172 e. The number of amidine groups is 1. The summed E-state index contributed by atoms with van der Waals surface area (Å²) >= 11 is 1.62. The van der Waals surface area contributed by atoms with Gasteiger partial charge in [0, 0.05) is 43.6 Å². The number of nitrogens with zero attached hydrogens (tertiary/aromatic N) is 6. The van der Waals surface area contributed by atoms with E-state index in [1.54, 1.807) is 24.6 Å². The van der Waals surface area contributed by atoms with Crippen LogP contribution in [0.1, 0.15) is 11.4 Å². The van der Waals surface area contributed by atoms with Crippen molar-refractivity contribution in [3.8, 4) is 21.1 Å². The molecule has 0 saturated carbocycles. The minimum Gasteiger partial charge on any atom is -0.350 e. The first-order chi connectivity index (χ1) is 13.1. The number of fused-ring (bicyclic) bond motifs is 1. The van der Waals surface area contributed by atoms with Crippen LogP contribution in [0.5, 0.6) is 0 Å². The van der Waals surface area contributed by atoms with Gasteiger partial charge in [-0.15, -0.1) is 11.3 Å². The zero-order valence-electron chi connectivity index (χ0n) is 15.3. The van der Waals surface area contributed by atoms with Gasteiger partial charge in [-0.3, -0.25) is 9.98 Å². The standard InChI is InChI=1S/C20H18N6S/c1-12-18(27-20(24-12)13-6-5-8-23-11-13)17-14-7-9-26(4)16(14)10-15(25-17)19(21-2)22-3/h5-11H,2H2,1,3-4H3.